The Labute approximate surface area is 117 Å². The molecule has 1 radical (unpaired) electrons. The highest BCUT2D eigenvalue weighted by Crippen LogP contribution is 2.26. The second-order valence-corrected chi connectivity index (χ2v) is 5.72. The molecular formula is C18H25O. The van der Waals surface area contributed by atoms with Gasteiger partial charge >= 0.3 is 0 Å². The lowest BCUT2D eigenvalue weighted by Gasteiger charge is -2.20. The lowest BCUT2D eigenvalue weighted by molar-refractivity contribution is -0.116. The number of hydrogen-bond donors (Lipinski definition) is 0. The zero-order valence-electron chi connectivity index (χ0n) is 11.8. The summed E-state index contributed by atoms with van der Waals surface area (Å²) >= 11 is 0. The molecule has 103 valence electrons. The minimum absolute atomic E-state index is 0.375. The van der Waals surface area contributed by atoms with Gasteiger partial charge in [-0.15, -0.1) is 0 Å². The topological polar surface area (TPSA) is 17.1 Å². The number of hydrogen-bond acceptors (Lipinski definition) is 1. The van der Waals surface area contributed by atoms with Crippen LogP contribution in [0.2, 0.25) is 0 Å². The average Bonchev–Trinajstić information content (AvgIpc) is 2.46. The van der Waals surface area contributed by atoms with Gasteiger partial charge in [-0.05, 0) is 43.6 Å². The third-order valence-corrected chi connectivity index (χ3v) is 4.05. The summed E-state index contributed by atoms with van der Waals surface area (Å²) in [5.74, 6) is 0.954. The Balaban J connectivity index is 1.56. The van der Waals surface area contributed by atoms with Gasteiger partial charge < -0.3 is 0 Å². The van der Waals surface area contributed by atoms with Crippen LogP contribution in [-0.2, 0) is 11.2 Å². The molecule has 1 fully saturated rings. The summed E-state index contributed by atoms with van der Waals surface area (Å²) in [6.45, 7) is 0. The largest absolute Gasteiger partial charge is 0.299 e. The van der Waals surface area contributed by atoms with Crippen molar-refractivity contribution in [1.29, 1.82) is 0 Å². The molecular weight excluding hydrogens is 232 g/mol. The van der Waals surface area contributed by atoms with Gasteiger partial charge in [-0.1, -0.05) is 49.6 Å². The van der Waals surface area contributed by atoms with E-state index in [1.165, 1.54) is 37.7 Å². The molecule has 0 spiro atoms. The van der Waals surface area contributed by atoms with E-state index in [4.69, 9.17) is 0 Å². The number of aryl methyl sites for hydroxylation is 1. The van der Waals surface area contributed by atoms with Crippen molar-refractivity contribution in [3.63, 3.8) is 0 Å². The Kier molecular flexibility index (Phi) is 6.13. The minimum atomic E-state index is 0.375. The van der Waals surface area contributed by atoms with Crippen LogP contribution in [0.25, 0.3) is 0 Å². The van der Waals surface area contributed by atoms with Crippen molar-refractivity contribution in [2.75, 3.05) is 0 Å². The summed E-state index contributed by atoms with van der Waals surface area (Å²) in [4.78, 5) is 11.9. The summed E-state index contributed by atoms with van der Waals surface area (Å²) in [6.07, 6.45) is 12.4. The van der Waals surface area contributed by atoms with E-state index >= 15 is 0 Å². The quantitative estimate of drug-likeness (QED) is 0.644. The van der Waals surface area contributed by atoms with Crippen molar-refractivity contribution >= 4 is 5.78 Å². The van der Waals surface area contributed by atoms with E-state index in [0.717, 1.165) is 25.7 Å². The molecule has 0 unspecified atom stereocenters. The fourth-order valence-electron chi connectivity index (χ4n) is 2.92. The summed E-state index contributed by atoms with van der Waals surface area (Å²) in [5.41, 5.74) is 1.38. The number of unbranched alkanes of at least 4 members (excludes halogenated alkanes) is 1. The lowest BCUT2D eigenvalue weighted by Crippen LogP contribution is -2.12. The Morgan fingerprint density at radius 3 is 2.53 bits per heavy atom. The molecule has 1 aliphatic rings. The van der Waals surface area contributed by atoms with Gasteiger partial charge in [0.15, 0.2) is 0 Å². The van der Waals surface area contributed by atoms with E-state index < -0.39 is 0 Å². The molecule has 0 aromatic heterocycles. The number of benzene rings is 1. The van der Waals surface area contributed by atoms with Crippen LogP contribution in [0, 0.1) is 12.3 Å². The van der Waals surface area contributed by atoms with Gasteiger partial charge in [0.2, 0.25) is 0 Å². The van der Waals surface area contributed by atoms with Crippen LogP contribution in [0.4, 0.5) is 0 Å². The van der Waals surface area contributed by atoms with Crippen LogP contribution in [0.15, 0.2) is 30.3 Å². The standard InChI is InChI=1S/C18H25O/c19-18(15-17-12-5-2-6-13-17)14-8-7-11-16-9-3-1-4-10-16/h1,3-4,9-10,15,17H,2,5-8,11-14H2. The van der Waals surface area contributed by atoms with Crippen LogP contribution in [0.3, 0.4) is 0 Å². The molecule has 0 bridgehead atoms. The van der Waals surface area contributed by atoms with Crippen molar-refractivity contribution in [3.8, 4) is 0 Å². The average molecular weight is 257 g/mol. The van der Waals surface area contributed by atoms with Crippen LogP contribution < -0.4 is 0 Å². The molecule has 1 aliphatic carbocycles. The fraction of sp³-hybridized carbons (Fsp3) is 0.556. The monoisotopic (exact) mass is 257 g/mol. The number of carbonyl (C=O) groups excluding carboxylic acids is 1. The highest BCUT2D eigenvalue weighted by atomic mass is 16.1. The van der Waals surface area contributed by atoms with Crippen molar-refractivity contribution in [1.82, 2.24) is 0 Å². The molecule has 0 aliphatic heterocycles. The van der Waals surface area contributed by atoms with Crippen molar-refractivity contribution in [3.05, 3.63) is 42.3 Å². The number of rotatable bonds is 7. The normalized spacial score (nSPS) is 16.4. The van der Waals surface area contributed by atoms with Crippen LogP contribution >= 0.6 is 0 Å². The number of Topliss-reactive ketones (excluding diaryl/α,β-unsaturated/α-hetero) is 1. The summed E-state index contributed by atoms with van der Waals surface area (Å²) in [7, 11) is 0. The maximum atomic E-state index is 11.9. The highest BCUT2D eigenvalue weighted by molar-refractivity contribution is 5.87. The molecule has 0 saturated heterocycles. The maximum Gasteiger partial charge on any atom is 0.136 e. The molecule has 0 atom stereocenters. The van der Waals surface area contributed by atoms with E-state index in [1.54, 1.807) is 0 Å². The van der Waals surface area contributed by atoms with E-state index in [-0.39, 0.29) is 0 Å². The summed E-state index contributed by atoms with van der Waals surface area (Å²) in [6, 6.07) is 10.5. The van der Waals surface area contributed by atoms with Crippen molar-refractivity contribution in [2.24, 2.45) is 5.92 Å². The van der Waals surface area contributed by atoms with E-state index in [9.17, 15) is 4.79 Å². The second-order valence-electron chi connectivity index (χ2n) is 5.72. The third kappa shape index (κ3) is 5.59. The first-order valence-electron chi connectivity index (χ1n) is 7.76. The highest BCUT2D eigenvalue weighted by Gasteiger charge is 2.16. The minimum Gasteiger partial charge on any atom is -0.299 e. The van der Waals surface area contributed by atoms with Gasteiger partial charge in [0, 0.05) is 12.8 Å². The van der Waals surface area contributed by atoms with Crippen LogP contribution in [-0.4, -0.2) is 5.78 Å². The number of ketones is 1. The van der Waals surface area contributed by atoms with E-state index in [0.29, 0.717) is 11.7 Å². The van der Waals surface area contributed by atoms with Gasteiger partial charge in [0.05, 0.1) is 0 Å². The fourth-order valence-corrected chi connectivity index (χ4v) is 2.92. The maximum absolute atomic E-state index is 11.9. The molecule has 1 nitrogen and oxygen atoms in total. The molecule has 0 heterocycles. The van der Waals surface area contributed by atoms with E-state index in [1.807, 2.05) is 12.5 Å². The first kappa shape index (κ1) is 14.3. The van der Waals surface area contributed by atoms with Crippen molar-refractivity contribution in [2.45, 2.75) is 57.8 Å². The van der Waals surface area contributed by atoms with Gasteiger partial charge in [-0.2, -0.15) is 0 Å². The predicted molar refractivity (Wildman–Crippen MR) is 79.9 cm³/mol. The van der Waals surface area contributed by atoms with E-state index in [2.05, 4.69) is 24.3 Å². The molecule has 1 saturated carbocycles. The zero-order chi connectivity index (χ0) is 13.3. The van der Waals surface area contributed by atoms with Gasteiger partial charge in [0.1, 0.15) is 5.78 Å². The first-order chi connectivity index (χ1) is 9.34. The lowest BCUT2D eigenvalue weighted by atomic mass is 9.85. The Morgan fingerprint density at radius 1 is 1.05 bits per heavy atom. The first-order valence-corrected chi connectivity index (χ1v) is 7.76. The van der Waals surface area contributed by atoms with Gasteiger partial charge in [-0.3, -0.25) is 4.79 Å². The third-order valence-electron chi connectivity index (χ3n) is 4.05. The molecule has 1 heteroatoms. The molecule has 1 aromatic carbocycles. The van der Waals surface area contributed by atoms with Crippen LogP contribution in [0.1, 0.15) is 56.9 Å². The van der Waals surface area contributed by atoms with Crippen molar-refractivity contribution < 1.29 is 4.79 Å². The predicted octanol–water partition coefficient (Wildman–Crippen LogP) is 4.75. The Morgan fingerprint density at radius 2 is 1.79 bits per heavy atom. The molecule has 19 heavy (non-hydrogen) atoms. The smallest absolute Gasteiger partial charge is 0.136 e. The molecule has 1 aromatic rings. The Bertz CT molecular complexity index is 363. The van der Waals surface area contributed by atoms with Gasteiger partial charge in [-0.25, -0.2) is 0 Å². The van der Waals surface area contributed by atoms with Crippen LogP contribution in [0.5, 0.6) is 0 Å². The number of carbonyl (C=O) groups is 1. The Hall–Kier alpha value is -1.11. The molecule has 0 N–H and O–H groups in total. The van der Waals surface area contributed by atoms with Gasteiger partial charge in [0.25, 0.3) is 0 Å². The molecule has 2 rings (SSSR count). The molecule has 0 amide bonds. The summed E-state index contributed by atoms with van der Waals surface area (Å²) < 4.78 is 0. The zero-order valence-corrected chi connectivity index (χ0v) is 11.8. The summed E-state index contributed by atoms with van der Waals surface area (Å²) in [5, 5.41) is 0. The second kappa shape index (κ2) is 8.14. The SMILES string of the molecule is O=C([CH]C1CCCCC1)CCCCc1ccccc1.